The average Bonchev–Trinajstić information content (AvgIpc) is 3.00. The first-order chi connectivity index (χ1) is 10.7. The van der Waals surface area contributed by atoms with Gasteiger partial charge in [0.15, 0.2) is 10.9 Å². The topological polar surface area (TPSA) is 73.0 Å². The van der Waals surface area contributed by atoms with Crippen molar-refractivity contribution < 1.29 is 9.21 Å². The molecule has 0 radical (unpaired) electrons. The van der Waals surface area contributed by atoms with Gasteiger partial charge < -0.3 is 9.73 Å². The smallest absolute Gasteiger partial charge is 0.233 e. The number of allylic oxidation sites excluding steroid dienone is 1. The Morgan fingerprint density at radius 2 is 2.45 bits per heavy atom. The number of nitrogens with zero attached hydrogens (tertiary/aromatic N) is 3. The van der Waals surface area contributed by atoms with E-state index >= 15 is 0 Å². The molecule has 7 heteroatoms. The first-order valence-electron chi connectivity index (χ1n) is 7.24. The Hall–Kier alpha value is -2.02. The quantitative estimate of drug-likeness (QED) is 0.627. The molecule has 1 amide bonds. The lowest BCUT2D eigenvalue weighted by Gasteiger charge is -2.12. The molecule has 2 heterocycles. The lowest BCUT2D eigenvalue weighted by atomic mass is 10.4. The summed E-state index contributed by atoms with van der Waals surface area (Å²) < 4.78 is 7.29. The van der Waals surface area contributed by atoms with Crippen LogP contribution in [0.1, 0.15) is 19.8 Å². The molecule has 0 spiro atoms. The van der Waals surface area contributed by atoms with Gasteiger partial charge in [-0.2, -0.15) is 0 Å². The maximum absolute atomic E-state index is 12.1. The minimum absolute atomic E-state index is 0.0419. The Balaban J connectivity index is 1.77. The molecule has 0 bridgehead atoms. The molecule has 3 rings (SSSR count). The Morgan fingerprint density at radius 1 is 1.64 bits per heavy atom. The monoisotopic (exact) mass is 318 g/mol. The van der Waals surface area contributed by atoms with Gasteiger partial charge in [0, 0.05) is 12.6 Å². The highest BCUT2D eigenvalue weighted by Crippen LogP contribution is 2.28. The number of carbonyl (C=O) groups is 1. The van der Waals surface area contributed by atoms with Crippen molar-refractivity contribution in [3.8, 4) is 11.6 Å². The molecule has 1 N–H and O–H groups in total. The van der Waals surface area contributed by atoms with Crippen LogP contribution in [-0.4, -0.2) is 32.0 Å². The van der Waals surface area contributed by atoms with E-state index < -0.39 is 0 Å². The van der Waals surface area contributed by atoms with Crippen molar-refractivity contribution in [2.24, 2.45) is 0 Å². The van der Waals surface area contributed by atoms with Crippen LogP contribution in [0.3, 0.4) is 0 Å². The third-order valence-corrected chi connectivity index (χ3v) is 4.43. The fourth-order valence-electron chi connectivity index (χ4n) is 2.02. The number of thioether (sulfide) groups is 1. The molecule has 0 saturated heterocycles. The zero-order valence-corrected chi connectivity index (χ0v) is 13.2. The van der Waals surface area contributed by atoms with Crippen LogP contribution < -0.4 is 5.32 Å². The van der Waals surface area contributed by atoms with Crippen molar-refractivity contribution in [1.29, 1.82) is 0 Å². The third-order valence-electron chi connectivity index (χ3n) is 3.35. The maximum Gasteiger partial charge on any atom is 0.233 e. The van der Waals surface area contributed by atoms with Crippen LogP contribution in [0.2, 0.25) is 0 Å². The molecule has 1 atom stereocenters. The van der Waals surface area contributed by atoms with Crippen LogP contribution >= 0.6 is 11.8 Å². The molecule has 1 aliphatic rings. The van der Waals surface area contributed by atoms with Crippen LogP contribution in [0.4, 0.5) is 0 Å². The lowest BCUT2D eigenvalue weighted by molar-refractivity contribution is -0.120. The van der Waals surface area contributed by atoms with Crippen molar-refractivity contribution >= 4 is 17.7 Å². The molecule has 22 heavy (non-hydrogen) atoms. The molecule has 1 aliphatic carbocycles. The van der Waals surface area contributed by atoms with Crippen LogP contribution in [0.5, 0.6) is 0 Å². The molecule has 1 fully saturated rings. The summed E-state index contributed by atoms with van der Waals surface area (Å²) in [6.45, 7) is 6.20. The molecule has 6 nitrogen and oxygen atoms in total. The second-order valence-corrected chi connectivity index (χ2v) is 6.53. The Bertz CT molecular complexity index is 661. The normalized spacial score (nSPS) is 15.5. The number of amides is 1. The summed E-state index contributed by atoms with van der Waals surface area (Å²) in [4.78, 5) is 12.1. The molecule has 116 valence electrons. The summed E-state index contributed by atoms with van der Waals surface area (Å²) >= 11 is 1.39. The third kappa shape index (κ3) is 3.24. The van der Waals surface area contributed by atoms with E-state index in [1.54, 1.807) is 18.4 Å². The first kappa shape index (κ1) is 14.9. The van der Waals surface area contributed by atoms with E-state index in [1.807, 2.05) is 17.6 Å². The Kier molecular flexibility index (Phi) is 4.33. The molecular formula is C15H18N4O2S. The largest absolute Gasteiger partial charge is 0.461 e. The number of aromatic nitrogens is 3. The summed E-state index contributed by atoms with van der Waals surface area (Å²) in [6.07, 6.45) is 5.53. The van der Waals surface area contributed by atoms with Crippen molar-refractivity contribution in [3.05, 3.63) is 31.1 Å². The highest BCUT2D eigenvalue weighted by molar-refractivity contribution is 8.00. The van der Waals surface area contributed by atoms with Crippen LogP contribution in [0.15, 0.2) is 40.6 Å². The molecule has 2 aromatic rings. The van der Waals surface area contributed by atoms with E-state index in [2.05, 4.69) is 22.1 Å². The van der Waals surface area contributed by atoms with Gasteiger partial charge in [0.2, 0.25) is 11.7 Å². The van der Waals surface area contributed by atoms with Gasteiger partial charge in [-0.15, -0.1) is 16.8 Å². The second-order valence-electron chi connectivity index (χ2n) is 5.23. The standard InChI is InChI=1S/C15H18N4O2S/c1-3-8-19-13(12-5-4-9-21-12)17-18-15(19)22-10(2)14(20)16-11-6-7-11/h3-5,9-11H,1,6-8H2,2H3,(H,16,20). The average molecular weight is 318 g/mol. The molecule has 2 aromatic heterocycles. The van der Waals surface area contributed by atoms with Crippen LogP contribution in [0.25, 0.3) is 11.6 Å². The van der Waals surface area contributed by atoms with E-state index in [4.69, 9.17) is 4.42 Å². The fourth-order valence-corrected chi connectivity index (χ4v) is 2.88. The zero-order valence-electron chi connectivity index (χ0n) is 12.4. The van der Waals surface area contributed by atoms with Gasteiger partial charge in [-0.25, -0.2) is 0 Å². The predicted molar refractivity (Wildman–Crippen MR) is 84.4 cm³/mol. The molecule has 0 aromatic carbocycles. The SMILES string of the molecule is C=CCn1c(SC(C)C(=O)NC2CC2)nnc1-c1ccco1. The fraction of sp³-hybridized carbons (Fsp3) is 0.400. The Morgan fingerprint density at radius 3 is 3.09 bits per heavy atom. The Labute approximate surface area is 133 Å². The maximum atomic E-state index is 12.1. The number of hydrogen-bond acceptors (Lipinski definition) is 5. The first-order valence-corrected chi connectivity index (χ1v) is 8.12. The highest BCUT2D eigenvalue weighted by Gasteiger charge is 2.27. The van der Waals surface area contributed by atoms with Crippen LogP contribution in [-0.2, 0) is 11.3 Å². The van der Waals surface area contributed by atoms with E-state index in [0.717, 1.165) is 12.8 Å². The van der Waals surface area contributed by atoms with Gasteiger partial charge in [-0.1, -0.05) is 17.8 Å². The summed E-state index contributed by atoms with van der Waals surface area (Å²) in [5.41, 5.74) is 0. The molecular weight excluding hydrogens is 300 g/mol. The minimum Gasteiger partial charge on any atom is -0.461 e. The van der Waals surface area contributed by atoms with E-state index in [0.29, 0.717) is 29.3 Å². The molecule has 1 unspecified atom stereocenters. The minimum atomic E-state index is -0.224. The van der Waals surface area contributed by atoms with Gasteiger partial charge in [0.1, 0.15) is 0 Å². The predicted octanol–water partition coefficient (Wildman–Crippen LogP) is 2.48. The van der Waals surface area contributed by atoms with Gasteiger partial charge in [0.05, 0.1) is 11.5 Å². The van der Waals surface area contributed by atoms with Gasteiger partial charge in [-0.05, 0) is 31.9 Å². The van der Waals surface area contributed by atoms with Gasteiger partial charge >= 0.3 is 0 Å². The van der Waals surface area contributed by atoms with Crippen molar-refractivity contribution in [1.82, 2.24) is 20.1 Å². The lowest BCUT2D eigenvalue weighted by Crippen LogP contribution is -2.32. The number of hydrogen-bond donors (Lipinski definition) is 1. The molecule has 1 saturated carbocycles. The van der Waals surface area contributed by atoms with Crippen molar-refractivity contribution in [2.45, 2.75) is 42.8 Å². The van der Waals surface area contributed by atoms with Gasteiger partial charge in [-0.3, -0.25) is 9.36 Å². The van der Waals surface area contributed by atoms with Crippen molar-refractivity contribution in [3.63, 3.8) is 0 Å². The summed E-state index contributed by atoms with van der Waals surface area (Å²) in [5, 5.41) is 11.8. The highest BCUT2D eigenvalue weighted by atomic mass is 32.2. The number of furan rings is 1. The number of nitrogens with one attached hydrogen (secondary N) is 1. The molecule has 0 aliphatic heterocycles. The van der Waals surface area contributed by atoms with E-state index in [-0.39, 0.29) is 11.2 Å². The summed E-state index contributed by atoms with van der Waals surface area (Å²) in [5.74, 6) is 1.33. The van der Waals surface area contributed by atoms with Gasteiger partial charge in [0.25, 0.3) is 0 Å². The number of rotatable bonds is 7. The summed E-state index contributed by atoms with van der Waals surface area (Å²) in [7, 11) is 0. The van der Waals surface area contributed by atoms with Crippen molar-refractivity contribution in [2.75, 3.05) is 0 Å². The number of carbonyl (C=O) groups excluding carboxylic acids is 1. The second kappa shape index (κ2) is 6.39. The van der Waals surface area contributed by atoms with Crippen LogP contribution in [0, 0.1) is 0 Å². The zero-order chi connectivity index (χ0) is 15.5. The van der Waals surface area contributed by atoms with E-state index in [9.17, 15) is 4.79 Å². The summed E-state index contributed by atoms with van der Waals surface area (Å²) in [6, 6.07) is 4.00. The van der Waals surface area contributed by atoms with E-state index in [1.165, 1.54) is 11.8 Å².